The maximum Gasteiger partial charge on any atom is 0.310 e. The lowest BCUT2D eigenvalue weighted by Crippen LogP contribution is -2.42. The molecule has 3 aliphatic carbocycles. The van der Waals surface area contributed by atoms with Gasteiger partial charge in [-0.3, -0.25) is 9.59 Å². The lowest BCUT2D eigenvalue weighted by atomic mass is 9.78. The first-order valence-electron chi connectivity index (χ1n) is 9.42. The highest BCUT2D eigenvalue weighted by Crippen LogP contribution is 2.57. The third-order valence-corrected chi connectivity index (χ3v) is 6.58. The van der Waals surface area contributed by atoms with Gasteiger partial charge in [0.2, 0.25) is 0 Å². The van der Waals surface area contributed by atoms with Gasteiger partial charge >= 0.3 is 11.9 Å². The molecule has 127 valence electrons. The summed E-state index contributed by atoms with van der Waals surface area (Å²) in [6.45, 7) is 2.18. The Balaban J connectivity index is 1.49. The molecule has 0 N–H and O–H groups in total. The van der Waals surface area contributed by atoms with Crippen LogP contribution in [0.25, 0.3) is 0 Å². The Labute approximate surface area is 138 Å². The van der Waals surface area contributed by atoms with Crippen molar-refractivity contribution in [3.8, 4) is 0 Å². The molecule has 0 aromatic carbocycles. The molecule has 0 spiro atoms. The van der Waals surface area contributed by atoms with Crippen molar-refractivity contribution in [3.05, 3.63) is 6.42 Å². The van der Waals surface area contributed by atoms with Crippen LogP contribution < -0.4 is 0 Å². The predicted octanol–water partition coefficient (Wildman–Crippen LogP) is 3.43. The van der Waals surface area contributed by atoms with Gasteiger partial charge in [-0.15, -0.1) is 0 Å². The number of rotatable bonds is 5. The van der Waals surface area contributed by atoms with E-state index < -0.39 is 0 Å². The Hall–Kier alpha value is -1.06. The highest BCUT2D eigenvalue weighted by Gasteiger charge is 2.65. The maximum atomic E-state index is 13.0. The van der Waals surface area contributed by atoms with E-state index in [-0.39, 0.29) is 47.3 Å². The molecule has 4 aliphatic rings. The van der Waals surface area contributed by atoms with E-state index in [4.69, 9.17) is 9.47 Å². The molecule has 1 saturated heterocycles. The van der Waals surface area contributed by atoms with Crippen molar-refractivity contribution in [1.82, 2.24) is 0 Å². The summed E-state index contributed by atoms with van der Waals surface area (Å²) in [5.41, 5.74) is -0.269. The Morgan fingerprint density at radius 2 is 2.13 bits per heavy atom. The molecule has 4 rings (SSSR count). The van der Waals surface area contributed by atoms with Crippen molar-refractivity contribution in [3.63, 3.8) is 0 Å². The fourth-order valence-corrected chi connectivity index (χ4v) is 5.42. The molecule has 4 fully saturated rings. The standard InChI is InChI=1S/C19H27O4/c1-2-3-7-19(8-5-4-6-9-19)23-18(21)15-12-10-13-14(11-12)22-17(20)16(13)15/h11-16H,2-10H2,1H3. The van der Waals surface area contributed by atoms with Crippen LogP contribution in [-0.2, 0) is 19.1 Å². The molecule has 0 amide bonds. The second-order valence-corrected chi connectivity index (χ2v) is 7.98. The predicted molar refractivity (Wildman–Crippen MR) is 84.2 cm³/mol. The van der Waals surface area contributed by atoms with E-state index in [0.29, 0.717) is 0 Å². The topological polar surface area (TPSA) is 52.6 Å². The van der Waals surface area contributed by atoms with Crippen molar-refractivity contribution >= 4 is 11.9 Å². The third-order valence-electron chi connectivity index (χ3n) is 6.58. The number of hydrogen-bond donors (Lipinski definition) is 0. The van der Waals surface area contributed by atoms with Crippen molar-refractivity contribution in [2.75, 3.05) is 0 Å². The first-order chi connectivity index (χ1) is 11.1. The minimum Gasteiger partial charge on any atom is -0.461 e. The zero-order valence-corrected chi connectivity index (χ0v) is 14.0. The Bertz CT molecular complexity index is 492. The highest BCUT2D eigenvalue weighted by atomic mass is 16.6. The third kappa shape index (κ3) is 2.49. The number of unbranched alkanes of at least 4 members (excludes halogenated alkanes) is 1. The van der Waals surface area contributed by atoms with Crippen LogP contribution in [-0.4, -0.2) is 23.6 Å². The van der Waals surface area contributed by atoms with Crippen LogP contribution in [0.4, 0.5) is 0 Å². The molecule has 5 atom stereocenters. The van der Waals surface area contributed by atoms with E-state index in [1.807, 2.05) is 0 Å². The molecule has 4 heteroatoms. The van der Waals surface area contributed by atoms with Crippen molar-refractivity contribution < 1.29 is 19.1 Å². The summed E-state index contributed by atoms with van der Waals surface area (Å²) in [7, 11) is 0. The lowest BCUT2D eigenvalue weighted by Gasteiger charge is -2.38. The number of fused-ring (bicyclic) bond motifs is 1. The van der Waals surface area contributed by atoms with Crippen LogP contribution in [0.15, 0.2) is 0 Å². The molecular formula is C19H27O4. The van der Waals surface area contributed by atoms with Crippen molar-refractivity contribution in [2.45, 2.75) is 76.4 Å². The first-order valence-corrected chi connectivity index (χ1v) is 9.42. The smallest absolute Gasteiger partial charge is 0.310 e. The van der Waals surface area contributed by atoms with Gasteiger partial charge in [-0.2, -0.15) is 0 Å². The molecular weight excluding hydrogens is 292 g/mol. The van der Waals surface area contributed by atoms with Crippen molar-refractivity contribution in [1.29, 1.82) is 0 Å². The van der Waals surface area contributed by atoms with E-state index in [0.717, 1.165) is 51.4 Å². The molecule has 1 heterocycles. The second kappa shape index (κ2) is 5.78. The lowest BCUT2D eigenvalue weighted by molar-refractivity contribution is -0.174. The van der Waals surface area contributed by atoms with Gasteiger partial charge in [0.15, 0.2) is 0 Å². The maximum absolute atomic E-state index is 13.0. The molecule has 2 bridgehead atoms. The van der Waals surface area contributed by atoms with E-state index >= 15 is 0 Å². The number of carbonyl (C=O) groups is 2. The van der Waals surface area contributed by atoms with Gasteiger partial charge in [-0.1, -0.05) is 19.8 Å². The van der Waals surface area contributed by atoms with E-state index in [1.54, 1.807) is 0 Å². The summed E-state index contributed by atoms with van der Waals surface area (Å²) in [6, 6.07) is 0. The second-order valence-electron chi connectivity index (χ2n) is 7.98. The van der Waals surface area contributed by atoms with Gasteiger partial charge in [-0.25, -0.2) is 0 Å². The van der Waals surface area contributed by atoms with Crippen LogP contribution in [0.5, 0.6) is 0 Å². The van der Waals surface area contributed by atoms with Gasteiger partial charge in [0, 0.05) is 12.3 Å². The Morgan fingerprint density at radius 1 is 1.35 bits per heavy atom. The van der Waals surface area contributed by atoms with Crippen LogP contribution in [0.1, 0.15) is 64.7 Å². The Kier molecular flexibility index (Phi) is 3.89. The first kappa shape index (κ1) is 15.5. The fourth-order valence-electron chi connectivity index (χ4n) is 5.42. The summed E-state index contributed by atoms with van der Waals surface area (Å²) in [4.78, 5) is 25.1. The summed E-state index contributed by atoms with van der Waals surface area (Å²) in [6.07, 6.45) is 11.7. The molecule has 0 aromatic heterocycles. The van der Waals surface area contributed by atoms with E-state index in [2.05, 4.69) is 13.3 Å². The normalized spacial score (nSPS) is 40.2. The summed E-state index contributed by atoms with van der Waals surface area (Å²) in [5, 5.41) is 0. The molecule has 5 unspecified atom stereocenters. The van der Waals surface area contributed by atoms with E-state index in [9.17, 15) is 9.59 Å². The monoisotopic (exact) mass is 319 g/mol. The highest BCUT2D eigenvalue weighted by molar-refractivity contribution is 5.86. The number of esters is 2. The SMILES string of the molecule is CCCCC1(OC(=O)C2C3[CH]C4OC(=O)C2C4C3)CCCCC1. The molecule has 3 saturated carbocycles. The summed E-state index contributed by atoms with van der Waals surface area (Å²) >= 11 is 0. The van der Waals surface area contributed by atoms with Crippen LogP contribution in [0.3, 0.4) is 0 Å². The van der Waals surface area contributed by atoms with Crippen LogP contribution in [0, 0.1) is 30.1 Å². The van der Waals surface area contributed by atoms with Crippen LogP contribution in [0.2, 0.25) is 0 Å². The van der Waals surface area contributed by atoms with Gasteiger partial charge in [0.1, 0.15) is 11.7 Å². The molecule has 4 nitrogen and oxygen atoms in total. The summed E-state index contributed by atoms with van der Waals surface area (Å²) in [5.74, 6) is -0.428. The quantitative estimate of drug-likeness (QED) is 0.729. The zero-order chi connectivity index (χ0) is 16.0. The molecule has 1 aliphatic heterocycles. The zero-order valence-electron chi connectivity index (χ0n) is 14.0. The minimum absolute atomic E-state index is 0.0368. The van der Waals surface area contributed by atoms with Gasteiger partial charge in [0.05, 0.1) is 11.8 Å². The van der Waals surface area contributed by atoms with Crippen LogP contribution >= 0.6 is 0 Å². The molecule has 0 aromatic rings. The van der Waals surface area contributed by atoms with Crippen molar-refractivity contribution in [2.24, 2.45) is 23.7 Å². The average molecular weight is 319 g/mol. The van der Waals surface area contributed by atoms with E-state index in [1.165, 1.54) is 6.42 Å². The number of carbonyl (C=O) groups excluding carboxylic acids is 2. The molecule has 1 radical (unpaired) electrons. The number of hydrogen-bond acceptors (Lipinski definition) is 4. The fraction of sp³-hybridized carbons (Fsp3) is 0.842. The van der Waals surface area contributed by atoms with Gasteiger partial charge in [0.25, 0.3) is 0 Å². The molecule has 23 heavy (non-hydrogen) atoms. The largest absolute Gasteiger partial charge is 0.461 e. The van der Waals surface area contributed by atoms with Gasteiger partial charge in [-0.05, 0) is 50.9 Å². The summed E-state index contributed by atoms with van der Waals surface area (Å²) < 4.78 is 11.5. The average Bonchev–Trinajstić information content (AvgIpc) is 3.15. The number of ether oxygens (including phenoxy) is 2. The Morgan fingerprint density at radius 3 is 2.87 bits per heavy atom. The van der Waals surface area contributed by atoms with Gasteiger partial charge < -0.3 is 9.47 Å². The minimum atomic E-state index is -0.285.